The molecule has 21 heavy (non-hydrogen) atoms. The summed E-state index contributed by atoms with van der Waals surface area (Å²) in [6.45, 7) is 1.79. The smallest absolute Gasteiger partial charge is 0.337 e. The summed E-state index contributed by atoms with van der Waals surface area (Å²) in [5.74, 6) is -1.08. The Morgan fingerprint density at radius 1 is 1.05 bits per heavy atom. The highest BCUT2D eigenvalue weighted by Crippen LogP contribution is 2.18. The summed E-state index contributed by atoms with van der Waals surface area (Å²) in [6, 6.07) is 11.6. The number of halogens is 1. The van der Waals surface area contributed by atoms with Crippen LogP contribution in [0.2, 0.25) is 0 Å². The molecule has 0 saturated heterocycles. The summed E-state index contributed by atoms with van der Waals surface area (Å²) in [6.07, 6.45) is 0. The molecule has 6 heteroatoms. The molecule has 2 rings (SSSR count). The lowest BCUT2D eigenvalue weighted by atomic mass is 10.1. The maximum absolute atomic E-state index is 11.9. The zero-order valence-corrected chi connectivity index (χ0v) is 13.3. The Bertz CT molecular complexity index is 684. The minimum absolute atomic E-state index is 0.0627. The second-order valence-corrected chi connectivity index (χ2v) is 5.69. The number of nitrogens with one attached hydrogen (secondary N) is 2. The normalized spacial score (nSPS) is 10.0. The van der Waals surface area contributed by atoms with Crippen molar-refractivity contribution in [3.05, 3.63) is 57.2 Å². The Morgan fingerprint density at radius 3 is 2.33 bits per heavy atom. The van der Waals surface area contributed by atoms with Crippen LogP contribution in [-0.2, 0) is 0 Å². The van der Waals surface area contributed by atoms with Gasteiger partial charge in [0.1, 0.15) is 0 Å². The number of carboxylic acids is 1. The van der Waals surface area contributed by atoms with Crippen molar-refractivity contribution in [2.45, 2.75) is 6.92 Å². The van der Waals surface area contributed by atoms with Crippen molar-refractivity contribution in [3.8, 4) is 0 Å². The molecule has 0 aliphatic heterocycles. The summed E-state index contributed by atoms with van der Waals surface area (Å²) in [4.78, 5) is 23.1. The van der Waals surface area contributed by atoms with Crippen molar-refractivity contribution in [1.82, 2.24) is 0 Å². The number of aromatic carboxylic acids is 1. The van der Waals surface area contributed by atoms with Gasteiger partial charge in [0.05, 0.1) is 11.3 Å². The molecule has 0 aromatic heterocycles. The van der Waals surface area contributed by atoms with Gasteiger partial charge in [-0.25, -0.2) is 9.59 Å². The van der Waals surface area contributed by atoms with Gasteiger partial charge in [0, 0.05) is 9.26 Å². The summed E-state index contributed by atoms with van der Waals surface area (Å²) < 4.78 is 1.06. The van der Waals surface area contributed by atoms with Crippen LogP contribution >= 0.6 is 22.6 Å². The highest BCUT2D eigenvalue weighted by molar-refractivity contribution is 14.1. The van der Waals surface area contributed by atoms with E-state index in [2.05, 4.69) is 33.2 Å². The summed E-state index contributed by atoms with van der Waals surface area (Å²) in [5, 5.41) is 14.4. The third kappa shape index (κ3) is 4.19. The van der Waals surface area contributed by atoms with Gasteiger partial charge in [0.2, 0.25) is 0 Å². The molecule has 2 aromatic carbocycles. The average molecular weight is 396 g/mol. The lowest BCUT2D eigenvalue weighted by molar-refractivity contribution is 0.0698. The molecule has 0 unspecified atom stereocenters. The van der Waals surface area contributed by atoms with Crippen molar-refractivity contribution >= 4 is 46.0 Å². The maximum Gasteiger partial charge on any atom is 0.337 e. The Kier molecular flexibility index (Phi) is 4.79. The first-order chi connectivity index (χ1) is 9.95. The van der Waals surface area contributed by atoms with E-state index in [9.17, 15) is 9.59 Å². The molecular weight excluding hydrogens is 383 g/mol. The molecule has 2 amide bonds. The lowest BCUT2D eigenvalue weighted by Gasteiger charge is -2.10. The van der Waals surface area contributed by atoms with E-state index in [-0.39, 0.29) is 11.3 Å². The van der Waals surface area contributed by atoms with E-state index >= 15 is 0 Å². The molecule has 0 saturated carbocycles. The van der Waals surface area contributed by atoms with E-state index in [0.717, 1.165) is 9.13 Å². The fourth-order valence-electron chi connectivity index (χ4n) is 1.76. The molecule has 5 nitrogen and oxygen atoms in total. The van der Waals surface area contributed by atoms with Crippen molar-refractivity contribution in [3.63, 3.8) is 0 Å². The molecule has 108 valence electrons. The first-order valence-electron chi connectivity index (χ1n) is 6.13. The van der Waals surface area contributed by atoms with Crippen LogP contribution in [0.1, 0.15) is 15.9 Å². The van der Waals surface area contributed by atoms with E-state index < -0.39 is 12.0 Å². The van der Waals surface area contributed by atoms with Crippen LogP contribution in [0.15, 0.2) is 42.5 Å². The van der Waals surface area contributed by atoms with Gasteiger partial charge in [-0.2, -0.15) is 0 Å². The highest BCUT2D eigenvalue weighted by Gasteiger charge is 2.12. The molecule has 0 bridgehead atoms. The number of carboxylic acid groups (broad SMARTS) is 1. The predicted octanol–water partition coefficient (Wildman–Crippen LogP) is 3.94. The monoisotopic (exact) mass is 396 g/mol. The van der Waals surface area contributed by atoms with Gasteiger partial charge < -0.3 is 15.7 Å². The van der Waals surface area contributed by atoms with Crippen LogP contribution in [-0.4, -0.2) is 17.1 Å². The topological polar surface area (TPSA) is 78.4 Å². The maximum atomic E-state index is 11.9. The van der Waals surface area contributed by atoms with E-state index in [4.69, 9.17) is 5.11 Å². The molecule has 0 radical (unpaired) electrons. The number of anilines is 2. The van der Waals surface area contributed by atoms with Gasteiger partial charge in [-0.15, -0.1) is 0 Å². The summed E-state index contributed by atoms with van der Waals surface area (Å²) in [5.41, 5.74) is 1.77. The van der Waals surface area contributed by atoms with Crippen LogP contribution in [0.3, 0.4) is 0 Å². The Balaban J connectivity index is 2.12. The Hall–Kier alpha value is -2.09. The van der Waals surface area contributed by atoms with Crippen molar-refractivity contribution in [1.29, 1.82) is 0 Å². The minimum atomic E-state index is -1.08. The number of carbonyl (C=O) groups excluding carboxylic acids is 1. The minimum Gasteiger partial charge on any atom is -0.478 e. The molecule has 0 atom stereocenters. The fourth-order valence-corrected chi connectivity index (χ4v) is 2.12. The fraction of sp³-hybridized carbons (Fsp3) is 0.0667. The zero-order valence-electron chi connectivity index (χ0n) is 11.2. The number of hydrogen-bond donors (Lipinski definition) is 3. The summed E-state index contributed by atoms with van der Waals surface area (Å²) in [7, 11) is 0. The number of hydrogen-bond acceptors (Lipinski definition) is 2. The molecule has 0 aliphatic rings. The lowest BCUT2D eigenvalue weighted by Crippen LogP contribution is -2.21. The van der Waals surface area contributed by atoms with Crippen LogP contribution in [0, 0.1) is 10.5 Å². The second kappa shape index (κ2) is 6.57. The van der Waals surface area contributed by atoms with Crippen LogP contribution in [0.25, 0.3) is 0 Å². The van der Waals surface area contributed by atoms with Crippen molar-refractivity contribution in [2.24, 2.45) is 0 Å². The van der Waals surface area contributed by atoms with Crippen molar-refractivity contribution < 1.29 is 14.7 Å². The SMILES string of the molecule is Cc1ccc(NC(=O)Nc2ccc(I)cc2)c(C(=O)O)c1. The van der Waals surface area contributed by atoms with Crippen LogP contribution in [0.4, 0.5) is 16.2 Å². The van der Waals surface area contributed by atoms with Crippen molar-refractivity contribution in [2.75, 3.05) is 10.6 Å². The molecule has 3 N–H and O–H groups in total. The largest absolute Gasteiger partial charge is 0.478 e. The number of amides is 2. The Labute approximate surface area is 135 Å². The predicted molar refractivity (Wildman–Crippen MR) is 89.9 cm³/mol. The number of rotatable bonds is 3. The van der Waals surface area contributed by atoms with Gasteiger partial charge in [-0.05, 0) is 65.9 Å². The van der Waals surface area contributed by atoms with Crippen LogP contribution in [0.5, 0.6) is 0 Å². The van der Waals surface area contributed by atoms with Gasteiger partial charge in [0.25, 0.3) is 0 Å². The summed E-state index contributed by atoms with van der Waals surface area (Å²) >= 11 is 2.17. The van der Waals surface area contributed by atoms with E-state index in [1.54, 1.807) is 31.2 Å². The van der Waals surface area contributed by atoms with Gasteiger partial charge in [0.15, 0.2) is 0 Å². The standard InChI is InChI=1S/C15H13IN2O3/c1-9-2-7-13(12(8-9)14(19)20)18-15(21)17-11-5-3-10(16)4-6-11/h2-8H,1H3,(H,19,20)(H2,17,18,21). The number of aryl methyl sites for hydroxylation is 1. The number of carbonyl (C=O) groups is 2. The first-order valence-corrected chi connectivity index (χ1v) is 7.21. The Morgan fingerprint density at radius 2 is 1.71 bits per heavy atom. The molecule has 0 spiro atoms. The van der Waals surface area contributed by atoms with Gasteiger partial charge >= 0.3 is 12.0 Å². The highest BCUT2D eigenvalue weighted by atomic mass is 127. The number of urea groups is 1. The molecule has 0 fully saturated rings. The van der Waals surface area contributed by atoms with E-state index in [1.165, 1.54) is 6.07 Å². The zero-order chi connectivity index (χ0) is 15.4. The quantitative estimate of drug-likeness (QED) is 0.688. The van der Waals surface area contributed by atoms with Gasteiger partial charge in [-0.1, -0.05) is 11.6 Å². The van der Waals surface area contributed by atoms with E-state index in [1.807, 2.05) is 12.1 Å². The average Bonchev–Trinajstić information content (AvgIpc) is 2.43. The third-order valence-electron chi connectivity index (χ3n) is 2.76. The molecule has 0 aliphatic carbocycles. The van der Waals surface area contributed by atoms with Crippen LogP contribution < -0.4 is 10.6 Å². The molecule has 2 aromatic rings. The third-order valence-corrected chi connectivity index (χ3v) is 3.47. The molecule has 0 heterocycles. The van der Waals surface area contributed by atoms with E-state index in [0.29, 0.717) is 5.69 Å². The van der Waals surface area contributed by atoms with Gasteiger partial charge in [-0.3, -0.25) is 0 Å². The number of benzene rings is 2. The second-order valence-electron chi connectivity index (χ2n) is 4.44. The first kappa shape index (κ1) is 15.3. The molecular formula is C15H13IN2O3.